The van der Waals surface area contributed by atoms with Crippen molar-refractivity contribution in [3.63, 3.8) is 0 Å². The fraction of sp³-hybridized carbons (Fsp3) is 0.579. The van der Waals surface area contributed by atoms with Crippen LogP contribution in [0.15, 0.2) is 17.0 Å². The third-order valence-electron chi connectivity index (χ3n) is 5.18. The Morgan fingerprint density at radius 3 is 2.55 bits per heavy atom. The number of nitrogens with zero attached hydrogens (tertiary/aromatic N) is 1. The van der Waals surface area contributed by atoms with Crippen molar-refractivity contribution < 1.29 is 22.7 Å². The molecule has 0 spiro atoms. The summed E-state index contributed by atoms with van der Waals surface area (Å²) in [6.45, 7) is 2.25. The number of piperidine rings is 1. The molecule has 29 heavy (non-hydrogen) atoms. The molecule has 0 aromatic heterocycles. The van der Waals surface area contributed by atoms with Crippen LogP contribution in [0.5, 0.6) is 0 Å². The van der Waals surface area contributed by atoms with E-state index in [2.05, 4.69) is 4.72 Å². The van der Waals surface area contributed by atoms with Crippen LogP contribution in [0.25, 0.3) is 0 Å². The van der Waals surface area contributed by atoms with Crippen molar-refractivity contribution in [1.82, 2.24) is 9.62 Å². The van der Waals surface area contributed by atoms with Crippen molar-refractivity contribution in [2.45, 2.75) is 62.4 Å². The molecule has 0 radical (unpaired) electrons. The second kappa shape index (κ2) is 9.20. The van der Waals surface area contributed by atoms with Gasteiger partial charge in [0.1, 0.15) is 4.90 Å². The maximum Gasteiger partial charge on any atom is 0.340 e. The van der Waals surface area contributed by atoms with Crippen LogP contribution in [0.2, 0.25) is 10.0 Å². The highest BCUT2D eigenvalue weighted by Crippen LogP contribution is 2.31. The third-order valence-corrected chi connectivity index (χ3v) is 7.47. The van der Waals surface area contributed by atoms with Gasteiger partial charge in [-0.2, -0.15) is 0 Å². The Kier molecular flexibility index (Phi) is 7.09. The van der Waals surface area contributed by atoms with Gasteiger partial charge >= 0.3 is 5.97 Å². The van der Waals surface area contributed by atoms with Crippen LogP contribution in [0.3, 0.4) is 0 Å². The molecule has 1 unspecified atom stereocenters. The zero-order valence-electron chi connectivity index (χ0n) is 16.1. The summed E-state index contributed by atoms with van der Waals surface area (Å²) in [5.41, 5.74) is -0.147. The number of esters is 1. The zero-order chi connectivity index (χ0) is 21.2. The van der Waals surface area contributed by atoms with E-state index in [0.29, 0.717) is 6.54 Å². The maximum absolute atomic E-state index is 12.5. The molecular formula is C19H24Cl2N2O5S. The summed E-state index contributed by atoms with van der Waals surface area (Å²) in [6.07, 6.45) is 5.31. The number of nitrogens with one attached hydrogen (secondary N) is 1. The minimum Gasteiger partial charge on any atom is -0.452 e. The molecule has 1 saturated carbocycles. The van der Waals surface area contributed by atoms with Crippen molar-refractivity contribution in [3.05, 3.63) is 27.7 Å². The van der Waals surface area contributed by atoms with Gasteiger partial charge in [0.05, 0.1) is 15.6 Å². The van der Waals surface area contributed by atoms with Gasteiger partial charge in [0.15, 0.2) is 6.61 Å². The fourth-order valence-corrected chi connectivity index (χ4v) is 5.57. The number of carbonyl (C=O) groups excluding carboxylic acids is 2. The van der Waals surface area contributed by atoms with Gasteiger partial charge in [-0.3, -0.25) is 4.79 Å². The normalized spacial score (nSPS) is 19.8. The van der Waals surface area contributed by atoms with Gasteiger partial charge in [0, 0.05) is 18.6 Å². The second-order valence-corrected chi connectivity index (χ2v) is 9.88. The molecule has 1 amide bonds. The standard InChI is InChI=1S/C19H24Cl2N2O5S/c1-2-13-5-3-4-8-23(13)18(24)11-28-19(25)14-9-17(16(21)10-15(14)20)29(26,27)22-12-6-7-12/h9-10,12-13,22H,2-8,11H2,1H3. The topological polar surface area (TPSA) is 92.8 Å². The van der Waals surface area contributed by atoms with E-state index in [1.165, 1.54) is 6.07 Å². The molecule has 7 nitrogen and oxygen atoms in total. The molecule has 2 fully saturated rings. The Balaban J connectivity index is 1.71. The molecule has 160 valence electrons. The van der Waals surface area contributed by atoms with Crippen molar-refractivity contribution >= 4 is 45.1 Å². The van der Waals surface area contributed by atoms with Gasteiger partial charge < -0.3 is 9.64 Å². The number of halogens is 2. The highest BCUT2D eigenvalue weighted by molar-refractivity contribution is 7.89. The largest absolute Gasteiger partial charge is 0.452 e. The summed E-state index contributed by atoms with van der Waals surface area (Å²) in [5, 5.41) is -0.128. The lowest BCUT2D eigenvalue weighted by Gasteiger charge is -2.35. The molecule has 1 aromatic carbocycles. The van der Waals surface area contributed by atoms with Gasteiger partial charge in [-0.15, -0.1) is 0 Å². The molecule has 1 N–H and O–H groups in total. The first-order valence-electron chi connectivity index (χ1n) is 9.71. The molecule has 3 rings (SSSR count). The van der Waals surface area contributed by atoms with E-state index < -0.39 is 22.6 Å². The summed E-state index contributed by atoms with van der Waals surface area (Å²) in [6, 6.07) is 2.33. The van der Waals surface area contributed by atoms with Crippen molar-refractivity contribution in [2.75, 3.05) is 13.2 Å². The second-order valence-electron chi connectivity index (χ2n) is 7.38. The van der Waals surface area contributed by atoms with Crippen LogP contribution in [0.4, 0.5) is 0 Å². The van der Waals surface area contributed by atoms with Crippen LogP contribution >= 0.6 is 23.2 Å². The van der Waals surface area contributed by atoms with E-state index in [9.17, 15) is 18.0 Å². The van der Waals surface area contributed by atoms with Gasteiger partial charge in [0.25, 0.3) is 5.91 Å². The molecule has 1 heterocycles. The van der Waals surface area contributed by atoms with Crippen LogP contribution in [0, 0.1) is 0 Å². The molecule has 1 aliphatic carbocycles. The molecular weight excluding hydrogens is 439 g/mol. The first kappa shape index (κ1) is 22.3. The molecule has 1 aliphatic heterocycles. The molecule has 0 bridgehead atoms. The predicted molar refractivity (Wildman–Crippen MR) is 110 cm³/mol. The average Bonchev–Trinajstić information content (AvgIpc) is 3.48. The fourth-order valence-electron chi connectivity index (χ4n) is 3.42. The molecule has 1 saturated heterocycles. The smallest absolute Gasteiger partial charge is 0.340 e. The Morgan fingerprint density at radius 2 is 1.90 bits per heavy atom. The third kappa shape index (κ3) is 5.42. The first-order chi connectivity index (χ1) is 13.7. The zero-order valence-corrected chi connectivity index (χ0v) is 18.4. The Labute approximate surface area is 180 Å². The quantitative estimate of drug-likeness (QED) is 0.626. The molecule has 10 heteroatoms. The minimum atomic E-state index is -3.88. The molecule has 2 aliphatic rings. The van der Waals surface area contributed by atoms with Gasteiger partial charge in [0.2, 0.25) is 10.0 Å². The minimum absolute atomic E-state index is 0.0396. The van der Waals surface area contributed by atoms with Crippen LogP contribution < -0.4 is 4.72 Å². The summed E-state index contributed by atoms with van der Waals surface area (Å²) in [7, 11) is -3.88. The summed E-state index contributed by atoms with van der Waals surface area (Å²) >= 11 is 12.1. The number of amides is 1. The van der Waals surface area contributed by atoms with Crippen LogP contribution in [-0.4, -0.2) is 50.4 Å². The number of hydrogen-bond acceptors (Lipinski definition) is 5. The van der Waals surface area contributed by atoms with E-state index in [-0.39, 0.29) is 38.5 Å². The average molecular weight is 463 g/mol. The number of rotatable bonds is 7. The van der Waals surface area contributed by atoms with Crippen molar-refractivity contribution in [2.24, 2.45) is 0 Å². The van der Waals surface area contributed by atoms with E-state index in [4.69, 9.17) is 27.9 Å². The number of benzene rings is 1. The van der Waals surface area contributed by atoms with Crippen molar-refractivity contribution in [1.29, 1.82) is 0 Å². The number of sulfonamides is 1. The Bertz CT molecular complexity index is 902. The Morgan fingerprint density at radius 1 is 1.17 bits per heavy atom. The number of hydrogen-bond donors (Lipinski definition) is 1. The van der Waals surface area contributed by atoms with E-state index >= 15 is 0 Å². The van der Waals surface area contributed by atoms with Crippen molar-refractivity contribution in [3.8, 4) is 0 Å². The first-order valence-corrected chi connectivity index (χ1v) is 11.9. The summed E-state index contributed by atoms with van der Waals surface area (Å²) in [5.74, 6) is -1.13. The molecule has 1 atom stereocenters. The lowest BCUT2D eigenvalue weighted by Crippen LogP contribution is -2.45. The summed E-state index contributed by atoms with van der Waals surface area (Å²) in [4.78, 5) is 26.5. The van der Waals surface area contributed by atoms with Gasteiger partial charge in [-0.25, -0.2) is 17.9 Å². The SMILES string of the molecule is CCC1CCCCN1C(=O)COC(=O)c1cc(S(=O)(=O)NC2CC2)c(Cl)cc1Cl. The van der Waals surface area contributed by atoms with Gasteiger partial charge in [-0.05, 0) is 50.7 Å². The molecule has 1 aromatic rings. The van der Waals surface area contributed by atoms with E-state index in [1.54, 1.807) is 4.90 Å². The van der Waals surface area contributed by atoms with Crippen LogP contribution in [0.1, 0.15) is 55.8 Å². The van der Waals surface area contributed by atoms with E-state index in [0.717, 1.165) is 44.6 Å². The maximum atomic E-state index is 12.5. The number of likely N-dealkylation sites (tertiary alicyclic amines) is 1. The van der Waals surface area contributed by atoms with E-state index in [1.807, 2.05) is 6.92 Å². The summed E-state index contributed by atoms with van der Waals surface area (Å²) < 4.78 is 32.6. The monoisotopic (exact) mass is 462 g/mol. The number of ether oxygens (including phenoxy) is 1. The Hall–Kier alpha value is -1.35. The highest BCUT2D eigenvalue weighted by atomic mass is 35.5. The highest BCUT2D eigenvalue weighted by Gasteiger charge is 2.31. The number of carbonyl (C=O) groups is 2. The lowest BCUT2D eigenvalue weighted by molar-refractivity contribution is -0.138. The predicted octanol–water partition coefficient (Wildman–Crippen LogP) is 3.38. The van der Waals surface area contributed by atoms with Crippen LogP contribution in [-0.2, 0) is 19.6 Å². The lowest BCUT2D eigenvalue weighted by atomic mass is 10.00. The van der Waals surface area contributed by atoms with Gasteiger partial charge in [-0.1, -0.05) is 30.1 Å².